The van der Waals surface area contributed by atoms with Gasteiger partial charge in [-0.1, -0.05) is 0 Å². The molecule has 0 aliphatic carbocycles. The Morgan fingerprint density at radius 1 is 0.200 bits per heavy atom. The van der Waals surface area contributed by atoms with Crippen LogP contribution in [-0.2, 0) is 185 Å². The molecule has 0 aliphatic heterocycles. The second-order valence-electron chi connectivity index (χ2n) is 0.268. The number of hydrogen-bond donors (Lipinski definition) is 3. The van der Waals surface area contributed by atoms with Crippen molar-refractivity contribution >= 4 is 8.60 Å². The molecule has 0 bridgehead atoms. The summed E-state index contributed by atoms with van der Waals surface area (Å²) in [5, 5.41) is 0. The van der Waals surface area contributed by atoms with E-state index in [0.717, 1.165) is 0 Å². The third-order valence-corrected chi connectivity index (χ3v) is 0. The predicted molar refractivity (Wildman–Crippen MR) is 100 cm³/mol. The molecule has 0 fully saturated rings. The second-order valence-corrected chi connectivity index (χ2v) is 0.805. The summed E-state index contributed by atoms with van der Waals surface area (Å²) in [5.74, 6) is 0. The van der Waals surface area contributed by atoms with Gasteiger partial charge in [-0.05, 0) is 0 Å². The largest absolute Gasteiger partial charge is 0.457 e. The van der Waals surface area contributed by atoms with Crippen LogP contribution in [0.4, 0.5) is 0 Å². The molecular weight excluding hydrogens is 1210 g/mol. The Labute approximate surface area is 314 Å². The van der Waals surface area contributed by atoms with Crippen molar-refractivity contribution in [3.8, 4) is 0 Å². The second kappa shape index (κ2) is 896. The third kappa shape index (κ3) is 2210. The average molecular weight is 1270 g/mol. The fraction of sp³-hybridized carbons (Fsp3) is 0. The summed E-state index contributed by atoms with van der Waals surface area (Å²) in [6.45, 7) is 0. The number of rotatable bonds is 0. The van der Waals surface area contributed by atoms with E-state index in [2.05, 4.69) is 0 Å². The molecule has 258 valence electrons. The van der Waals surface area contributed by atoms with Crippen molar-refractivity contribution in [2.45, 2.75) is 0 Å². The fourth-order valence-electron chi connectivity index (χ4n) is 0. The van der Waals surface area contributed by atoms with Crippen LogP contribution in [0.25, 0.3) is 0 Å². The van der Waals surface area contributed by atoms with Crippen molar-refractivity contribution in [3.05, 3.63) is 0 Å². The molecular formula is H52Mo8O26P+3. The van der Waals surface area contributed by atoms with Crippen LogP contribution < -0.4 is 0 Å². The third-order valence-electron chi connectivity index (χ3n) is 0. The van der Waals surface area contributed by atoms with E-state index < -0.39 is 8.60 Å². The van der Waals surface area contributed by atoms with Crippen LogP contribution in [-0.4, -0.2) is 124 Å². The van der Waals surface area contributed by atoms with Crippen LogP contribution in [0.15, 0.2) is 0 Å². The average Bonchev–Trinajstić information content (AvgIpc) is 0.811. The first-order valence-electron chi connectivity index (χ1n) is 0.600. The molecule has 0 saturated carbocycles. The molecule has 0 atom stereocenters. The molecule has 0 heterocycles. The van der Waals surface area contributed by atoms with E-state index in [9.17, 15) is 0 Å². The molecule has 0 aromatic rings. The molecule has 0 aromatic carbocycles. The zero-order chi connectivity index (χ0) is 3.58. The Morgan fingerprint density at radius 3 is 0.200 bits per heavy atom. The van der Waals surface area contributed by atoms with E-state index in [0.29, 0.717) is 0 Å². The molecule has 52 N–H and O–H groups in total. The topological polar surface area (TPSA) is 790 Å². The first-order chi connectivity index (χ1) is 1.73. The van der Waals surface area contributed by atoms with Gasteiger partial charge in [0.25, 0.3) is 0 Å². The van der Waals surface area contributed by atoms with Crippen molar-refractivity contribution in [3.63, 3.8) is 0 Å². The zero-order valence-corrected chi connectivity index (χ0v) is 33.7. The quantitative estimate of drug-likeness (QED) is 0.121. The summed E-state index contributed by atoms with van der Waals surface area (Å²) in [6.07, 6.45) is 0. The minimum atomic E-state index is -2.62. The van der Waals surface area contributed by atoms with Crippen LogP contribution >= 0.6 is 8.60 Å². The maximum absolute atomic E-state index is 7.23. The Hall–Kier alpha value is 4.90. The van der Waals surface area contributed by atoms with Gasteiger partial charge in [-0.2, -0.15) is 0 Å². The van der Waals surface area contributed by atoms with Crippen LogP contribution in [0.3, 0.4) is 0 Å². The fourth-order valence-corrected chi connectivity index (χ4v) is 0. The minimum absolute atomic E-state index is 0. The maximum atomic E-state index is 7.23. The summed E-state index contributed by atoms with van der Waals surface area (Å²) in [6, 6.07) is 0. The van der Waals surface area contributed by atoms with Gasteiger partial charge in [0.1, 0.15) is 0 Å². The Morgan fingerprint density at radius 2 is 0.200 bits per heavy atom. The summed E-state index contributed by atoms with van der Waals surface area (Å²) in [4.78, 5) is 21.7. The summed E-state index contributed by atoms with van der Waals surface area (Å²) < 4.78 is 0. The number of hydrogen-bond acceptors (Lipinski definition) is 3. The summed E-state index contributed by atoms with van der Waals surface area (Å²) in [5.41, 5.74) is 0. The normalized spacial score (nSPS) is 1.03. The maximum Gasteiger partial charge on any atom is 0.324 e. The van der Waals surface area contributed by atoms with E-state index in [1.807, 2.05) is 0 Å². The van der Waals surface area contributed by atoms with E-state index in [-0.39, 0.29) is 294 Å². The van der Waals surface area contributed by atoms with Gasteiger partial charge in [0, 0.05) is 169 Å². The molecule has 26 nitrogen and oxygen atoms in total. The Kier molecular flexibility index (Phi) is 24800. The van der Waals surface area contributed by atoms with E-state index >= 15 is 0 Å². The zero-order valence-electron chi connectivity index (χ0n) is 16.8. The molecule has 0 rings (SSSR count). The molecule has 0 radical (unpaired) electrons. The van der Waals surface area contributed by atoms with Gasteiger partial charge < -0.3 is 141 Å². The summed E-state index contributed by atoms with van der Waals surface area (Å²) in [7, 11) is -2.62. The van der Waals surface area contributed by atoms with E-state index in [1.54, 1.807) is 0 Å². The smallest absolute Gasteiger partial charge is 0.324 e. The molecule has 0 aromatic heterocycles. The van der Waals surface area contributed by atoms with Crippen molar-refractivity contribution in [2.24, 2.45) is 0 Å². The molecule has 0 spiro atoms. The van der Waals surface area contributed by atoms with Gasteiger partial charge in [-0.25, -0.2) is 0 Å². The van der Waals surface area contributed by atoms with Crippen LogP contribution in [0.5, 0.6) is 0 Å². The Bertz CT molecular complexity index is 38.1. The molecule has 35 heteroatoms. The van der Waals surface area contributed by atoms with Crippen LogP contribution in [0.2, 0.25) is 0 Å². The van der Waals surface area contributed by atoms with Crippen LogP contribution in [0, 0.1) is 0 Å². The standard InChI is InChI=1S/8Mo.H3O3P.23H2O/c;;;;;;;;1-4(2)3;;;;;;;;;;;;;;;;;;;;;;;/h;;;;;;;;1-3H;23*1H2/p+3. The molecule has 0 saturated heterocycles. The van der Waals surface area contributed by atoms with Gasteiger partial charge in [0.2, 0.25) is 0 Å². The van der Waals surface area contributed by atoms with Gasteiger partial charge in [-0.15, -0.1) is 0 Å². The first kappa shape index (κ1) is 968. The Balaban J connectivity index is -0.0000000000968. The van der Waals surface area contributed by atoms with E-state index in [1.165, 1.54) is 0 Å². The van der Waals surface area contributed by atoms with E-state index in [4.69, 9.17) is 14.7 Å². The van der Waals surface area contributed by atoms with Gasteiger partial charge >= 0.3 is 8.60 Å². The van der Waals surface area contributed by atoms with Crippen molar-refractivity contribution in [2.75, 3.05) is 0 Å². The van der Waals surface area contributed by atoms with Gasteiger partial charge in [0.15, 0.2) is 0 Å². The van der Waals surface area contributed by atoms with Crippen molar-refractivity contribution in [1.82, 2.24) is 0 Å². The summed E-state index contributed by atoms with van der Waals surface area (Å²) >= 11 is 0. The van der Waals surface area contributed by atoms with Gasteiger partial charge in [-0.3, -0.25) is 0 Å². The molecule has 35 heavy (non-hydrogen) atoms. The monoisotopic (exact) mass is 1280 g/mol. The van der Waals surface area contributed by atoms with Crippen molar-refractivity contribution < 1.29 is 309 Å². The first-order valence-corrected chi connectivity index (χ1v) is 1.80. The SMILES string of the molecule is O.O.O.O.O.O.O.O.O.O.O.O.O.O.O.O.O.O.O.O.OP(O)O.[Mo].[Mo].[Mo].[Mo].[Mo].[Mo].[Mo].[Mo].[OH3+].[OH3+].[OH3+]. The van der Waals surface area contributed by atoms with Crippen LogP contribution in [0.1, 0.15) is 0 Å². The minimum Gasteiger partial charge on any atom is -0.457 e. The van der Waals surface area contributed by atoms with Gasteiger partial charge in [0.05, 0.1) is 0 Å². The van der Waals surface area contributed by atoms with Crippen molar-refractivity contribution in [1.29, 1.82) is 0 Å². The predicted octanol–water partition coefficient (Wildman–Crippen LogP) is -20.1. The molecule has 0 unspecified atom stereocenters. The molecule has 0 aliphatic rings. The molecule has 0 amide bonds.